The van der Waals surface area contributed by atoms with Crippen LogP contribution in [0.15, 0.2) is 39.8 Å². The highest BCUT2D eigenvalue weighted by Gasteiger charge is 2.58. The highest BCUT2D eigenvalue weighted by Crippen LogP contribution is 2.49. The highest BCUT2D eigenvalue weighted by molar-refractivity contribution is 9.10. The molecule has 1 nitrogen and oxygen atoms in total. The molecule has 0 saturated heterocycles. The second-order valence-corrected chi connectivity index (χ2v) is 7.95. The van der Waals surface area contributed by atoms with Crippen LogP contribution in [-0.4, -0.2) is 18.4 Å². The van der Waals surface area contributed by atoms with Crippen molar-refractivity contribution in [1.82, 2.24) is 0 Å². The third-order valence-electron chi connectivity index (χ3n) is 4.34. The summed E-state index contributed by atoms with van der Waals surface area (Å²) in [6, 6.07) is 6.31. The molecule has 2 aromatic carbocycles. The first-order chi connectivity index (χ1) is 12.0. The Hall–Kier alpha value is -0.820. The van der Waals surface area contributed by atoms with Crippen molar-refractivity contribution in [1.29, 1.82) is 0 Å². The zero-order valence-electron chi connectivity index (χ0n) is 12.8. The van der Waals surface area contributed by atoms with Gasteiger partial charge in [-0.25, -0.2) is 4.39 Å². The molecule has 1 aliphatic rings. The fourth-order valence-corrected chi connectivity index (χ4v) is 3.85. The van der Waals surface area contributed by atoms with Gasteiger partial charge < -0.3 is 0 Å². The van der Waals surface area contributed by atoms with E-state index >= 15 is 0 Å². The number of halogens is 8. The van der Waals surface area contributed by atoms with Crippen LogP contribution in [0.1, 0.15) is 17.5 Å². The van der Waals surface area contributed by atoms with Gasteiger partial charge in [0.1, 0.15) is 11.2 Å². The predicted molar refractivity (Wildman–Crippen MR) is 99.3 cm³/mol. The van der Waals surface area contributed by atoms with Crippen LogP contribution in [0.4, 0.5) is 17.6 Å². The van der Waals surface area contributed by atoms with E-state index in [-0.39, 0.29) is 30.8 Å². The van der Waals surface area contributed by atoms with Gasteiger partial charge in [0.05, 0.1) is 26.1 Å². The lowest BCUT2D eigenvalue weighted by atomic mass is 9.76. The van der Waals surface area contributed by atoms with E-state index in [1.54, 1.807) is 0 Å². The number of nitrogens with zero attached hydrogens (tertiary/aromatic N) is 1. The van der Waals surface area contributed by atoms with Crippen molar-refractivity contribution in [3.05, 3.63) is 66.8 Å². The standard InChI is InChI=1S/C17H9BrCl3F4N/c18-10-3-8(1-2-13(10)22)14-6-16(7-26-14,17(23,24)25)9-4-11(19)15(21)12(20)5-9/h1-5H,6-7H2/t16-/m0/s1. The minimum atomic E-state index is -4.60. The Morgan fingerprint density at radius 1 is 1.04 bits per heavy atom. The van der Waals surface area contributed by atoms with Gasteiger partial charge in [0.25, 0.3) is 0 Å². The first-order valence-corrected chi connectivity index (χ1v) is 9.18. The van der Waals surface area contributed by atoms with Gasteiger partial charge in [0.2, 0.25) is 0 Å². The Morgan fingerprint density at radius 3 is 2.19 bits per heavy atom. The molecule has 0 aliphatic carbocycles. The fraction of sp³-hybridized carbons (Fsp3) is 0.235. The quantitative estimate of drug-likeness (QED) is 0.311. The van der Waals surface area contributed by atoms with Crippen LogP contribution >= 0.6 is 50.7 Å². The van der Waals surface area contributed by atoms with Gasteiger partial charge in [-0.1, -0.05) is 40.9 Å². The fourth-order valence-electron chi connectivity index (χ4n) is 2.88. The average molecular weight is 490 g/mol. The molecule has 0 radical (unpaired) electrons. The van der Waals surface area contributed by atoms with Crippen LogP contribution < -0.4 is 0 Å². The molecule has 0 saturated carbocycles. The van der Waals surface area contributed by atoms with Crippen molar-refractivity contribution in [3.8, 4) is 0 Å². The molecule has 1 heterocycles. The monoisotopic (exact) mass is 487 g/mol. The van der Waals surface area contributed by atoms with Crippen LogP contribution in [-0.2, 0) is 5.41 Å². The van der Waals surface area contributed by atoms with Crippen molar-refractivity contribution < 1.29 is 17.6 Å². The summed E-state index contributed by atoms with van der Waals surface area (Å²) in [5.41, 5.74) is -1.74. The summed E-state index contributed by atoms with van der Waals surface area (Å²) >= 11 is 20.8. The van der Waals surface area contributed by atoms with Gasteiger partial charge in [0, 0.05) is 12.1 Å². The molecule has 0 amide bonds. The van der Waals surface area contributed by atoms with Crippen molar-refractivity contribution in [2.75, 3.05) is 6.54 Å². The van der Waals surface area contributed by atoms with Gasteiger partial charge in [-0.2, -0.15) is 13.2 Å². The zero-order valence-corrected chi connectivity index (χ0v) is 16.6. The number of benzene rings is 2. The van der Waals surface area contributed by atoms with Gasteiger partial charge in [-0.15, -0.1) is 0 Å². The minimum absolute atomic E-state index is 0.00369. The maximum atomic E-state index is 14.0. The third-order valence-corrected chi connectivity index (χ3v) is 6.15. The van der Waals surface area contributed by atoms with E-state index in [1.807, 2.05) is 0 Å². The second kappa shape index (κ2) is 6.97. The van der Waals surface area contributed by atoms with E-state index in [0.29, 0.717) is 5.56 Å². The highest BCUT2D eigenvalue weighted by atomic mass is 79.9. The molecular formula is C17H9BrCl3F4N. The molecule has 26 heavy (non-hydrogen) atoms. The van der Waals surface area contributed by atoms with E-state index in [1.165, 1.54) is 30.3 Å². The molecule has 1 atom stereocenters. The van der Waals surface area contributed by atoms with E-state index < -0.39 is 30.4 Å². The van der Waals surface area contributed by atoms with Crippen LogP contribution in [0.5, 0.6) is 0 Å². The zero-order chi connectivity index (χ0) is 19.3. The van der Waals surface area contributed by atoms with Gasteiger partial charge in [0.15, 0.2) is 0 Å². The third kappa shape index (κ3) is 3.37. The summed E-state index contributed by atoms with van der Waals surface area (Å²) in [5, 5.41) is -0.123. The number of hydrogen-bond acceptors (Lipinski definition) is 1. The number of alkyl halides is 3. The van der Waals surface area contributed by atoms with E-state index in [0.717, 1.165) is 0 Å². The number of hydrogen-bond donors (Lipinski definition) is 0. The molecular weight excluding hydrogens is 480 g/mol. The maximum Gasteiger partial charge on any atom is 0.400 e. The first kappa shape index (κ1) is 19.9. The molecule has 2 aromatic rings. The lowest BCUT2D eigenvalue weighted by molar-refractivity contribution is -0.183. The lowest BCUT2D eigenvalue weighted by Gasteiger charge is -2.32. The lowest BCUT2D eigenvalue weighted by Crippen LogP contribution is -2.43. The minimum Gasteiger partial charge on any atom is -0.288 e. The number of rotatable bonds is 2. The van der Waals surface area contributed by atoms with Gasteiger partial charge in [-0.3, -0.25) is 4.99 Å². The molecule has 0 bridgehead atoms. The second-order valence-electron chi connectivity index (χ2n) is 5.90. The SMILES string of the molecule is Fc1ccc(C2=NC[C@@](c3cc(Cl)c(Cl)c(Cl)c3)(C(F)(F)F)C2)cc1Br. The maximum absolute atomic E-state index is 14.0. The molecule has 0 N–H and O–H groups in total. The summed E-state index contributed by atoms with van der Waals surface area (Å²) in [7, 11) is 0. The molecule has 0 aromatic heterocycles. The molecule has 3 rings (SSSR count). The predicted octanol–water partition coefficient (Wildman–Crippen LogP) is 7.24. The topological polar surface area (TPSA) is 12.4 Å². The Bertz CT molecular complexity index is 890. The van der Waals surface area contributed by atoms with E-state index in [9.17, 15) is 17.6 Å². The number of aliphatic imine (C=N–C) groups is 1. The van der Waals surface area contributed by atoms with Crippen molar-refractivity contribution in [2.45, 2.75) is 18.0 Å². The van der Waals surface area contributed by atoms with Gasteiger partial charge in [-0.05, 0) is 51.3 Å². The summed E-state index contributed by atoms with van der Waals surface area (Å²) < 4.78 is 55.7. The average Bonchev–Trinajstić information content (AvgIpc) is 3.01. The normalized spacial score (nSPS) is 20.4. The summed E-state index contributed by atoms with van der Waals surface area (Å²) in [6.45, 7) is -0.519. The van der Waals surface area contributed by atoms with E-state index in [4.69, 9.17) is 34.8 Å². The Kier molecular flexibility index (Phi) is 5.34. The molecule has 0 spiro atoms. The summed E-state index contributed by atoms with van der Waals surface area (Å²) in [5.74, 6) is -0.509. The van der Waals surface area contributed by atoms with Crippen LogP contribution in [0.2, 0.25) is 15.1 Å². The molecule has 0 fully saturated rings. The Balaban J connectivity index is 2.06. The largest absolute Gasteiger partial charge is 0.400 e. The van der Waals surface area contributed by atoms with Crippen LogP contribution in [0.3, 0.4) is 0 Å². The Morgan fingerprint density at radius 2 is 1.65 bits per heavy atom. The van der Waals surface area contributed by atoms with Crippen LogP contribution in [0, 0.1) is 5.82 Å². The Labute approximate surface area is 170 Å². The van der Waals surface area contributed by atoms with Crippen LogP contribution in [0.25, 0.3) is 0 Å². The van der Waals surface area contributed by atoms with Gasteiger partial charge >= 0.3 is 6.18 Å². The molecule has 0 unspecified atom stereocenters. The molecule has 1 aliphatic heterocycles. The van der Waals surface area contributed by atoms with Crippen molar-refractivity contribution >= 4 is 56.4 Å². The smallest absolute Gasteiger partial charge is 0.288 e. The molecule has 9 heteroatoms. The molecule has 138 valence electrons. The van der Waals surface area contributed by atoms with Crippen molar-refractivity contribution in [2.24, 2.45) is 4.99 Å². The summed E-state index contributed by atoms with van der Waals surface area (Å²) in [6.07, 6.45) is -5.02. The van der Waals surface area contributed by atoms with Crippen molar-refractivity contribution in [3.63, 3.8) is 0 Å². The first-order valence-electron chi connectivity index (χ1n) is 7.26. The summed E-state index contributed by atoms with van der Waals surface area (Å²) in [4.78, 5) is 4.09. The van der Waals surface area contributed by atoms with E-state index in [2.05, 4.69) is 20.9 Å².